The molecule has 1 unspecified atom stereocenters. The highest BCUT2D eigenvalue weighted by Crippen LogP contribution is 2.25. The summed E-state index contributed by atoms with van der Waals surface area (Å²) in [5.74, 6) is -1.62. The summed E-state index contributed by atoms with van der Waals surface area (Å²) in [4.78, 5) is -0.677. The summed E-state index contributed by atoms with van der Waals surface area (Å²) in [5.41, 5.74) is 5.86. The first-order chi connectivity index (χ1) is 9.57. The molecule has 2 N–H and O–H groups in total. The van der Waals surface area contributed by atoms with Crippen molar-refractivity contribution in [3.63, 3.8) is 0 Å². The van der Waals surface area contributed by atoms with Crippen molar-refractivity contribution in [1.82, 2.24) is 4.31 Å². The average Bonchev–Trinajstić information content (AvgIpc) is 2.39. The number of nitrogens with zero attached hydrogens (tertiary/aromatic N) is 1. The molecule has 0 fully saturated rings. The molecule has 1 atom stereocenters. The monoisotopic (exact) mass is 384 g/mol. The van der Waals surface area contributed by atoms with Crippen molar-refractivity contribution >= 4 is 26.0 Å². The third-order valence-electron chi connectivity index (χ3n) is 3.30. The zero-order valence-corrected chi connectivity index (χ0v) is 14.5. The van der Waals surface area contributed by atoms with E-state index in [9.17, 15) is 17.2 Å². The molecule has 1 aromatic rings. The zero-order valence-electron chi connectivity index (χ0n) is 12.1. The third kappa shape index (κ3) is 4.45. The Morgan fingerprint density at radius 3 is 2.38 bits per heavy atom. The van der Waals surface area contributed by atoms with E-state index in [0.29, 0.717) is 12.5 Å². The minimum atomic E-state index is -4.09. The fourth-order valence-corrected chi connectivity index (χ4v) is 3.21. The van der Waals surface area contributed by atoms with Gasteiger partial charge in [-0.2, -0.15) is 0 Å². The first-order valence-corrected chi connectivity index (χ1v) is 8.67. The molecule has 0 aliphatic rings. The molecule has 0 heterocycles. The second-order valence-corrected chi connectivity index (χ2v) is 8.09. The molecular formula is C13H19BrF2N2O2S. The molecule has 0 amide bonds. The maximum atomic E-state index is 13.8. The van der Waals surface area contributed by atoms with E-state index in [1.807, 2.05) is 13.8 Å². The van der Waals surface area contributed by atoms with E-state index in [1.165, 1.54) is 7.05 Å². The van der Waals surface area contributed by atoms with Gasteiger partial charge < -0.3 is 5.73 Å². The summed E-state index contributed by atoms with van der Waals surface area (Å²) >= 11 is 2.81. The first-order valence-electron chi connectivity index (χ1n) is 6.43. The average molecular weight is 385 g/mol. The zero-order chi connectivity index (χ0) is 16.4. The van der Waals surface area contributed by atoms with E-state index in [4.69, 9.17) is 5.73 Å². The predicted molar refractivity (Wildman–Crippen MR) is 81.3 cm³/mol. The van der Waals surface area contributed by atoms with E-state index in [0.717, 1.165) is 10.4 Å². The van der Waals surface area contributed by atoms with Gasteiger partial charge in [0.25, 0.3) is 0 Å². The lowest BCUT2D eigenvalue weighted by Gasteiger charge is -2.21. The van der Waals surface area contributed by atoms with Crippen LogP contribution in [0.2, 0.25) is 0 Å². The van der Waals surface area contributed by atoms with Gasteiger partial charge >= 0.3 is 0 Å². The van der Waals surface area contributed by atoms with Gasteiger partial charge in [0.05, 0.1) is 4.47 Å². The summed E-state index contributed by atoms with van der Waals surface area (Å²) in [5, 5.41) is 0. The van der Waals surface area contributed by atoms with Crippen molar-refractivity contribution in [3.8, 4) is 0 Å². The number of hydrogen-bond acceptors (Lipinski definition) is 3. The second-order valence-electron chi connectivity index (χ2n) is 5.22. The van der Waals surface area contributed by atoms with E-state index in [1.54, 1.807) is 0 Å². The molecule has 1 aromatic carbocycles. The van der Waals surface area contributed by atoms with E-state index in [-0.39, 0.29) is 23.0 Å². The molecule has 0 aliphatic carbocycles. The van der Waals surface area contributed by atoms with E-state index in [2.05, 4.69) is 15.9 Å². The van der Waals surface area contributed by atoms with Crippen molar-refractivity contribution in [1.29, 1.82) is 0 Å². The number of sulfonamides is 1. The normalized spacial score (nSPS) is 14.0. The topological polar surface area (TPSA) is 63.4 Å². The Morgan fingerprint density at radius 1 is 1.29 bits per heavy atom. The molecule has 8 heteroatoms. The molecule has 0 radical (unpaired) electrons. The standard InChI is InChI=1S/C13H19BrF2N2O2S/c1-8(2)12(17)4-5-18(3)21(19,20)13-7-10(15)9(14)6-11(13)16/h6-8,12H,4-5,17H2,1-3H3. The van der Waals surface area contributed by atoms with Crippen LogP contribution in [0.5, 0.6) is 0 Å². The molecular weight excluding hydrogens is 366 g/mol. The summed E-state index contributed by atoms with van der Waals surface area (Å²) in [6, 6.07) is 1.32. The second kappa shape index (κ2) is 7.13. The highest BCUT2D eigenvalue weighted by atomic mass is 79.9. The Morgan fingerprint density at radius 2 is 1.86 bits per heavy atom. The van der Waals surface area contributed by atoms with Crippen LogP contribution in [0.3, 0.4) is 0 Å². The quantitative estimate of drug-likeness (QED) is 0.766. The molecule has 0 saturated carbocycles. The van der Waals surface area contributed by atoms with Crippen LogP contribution in [-0.4, -0.2) is 32.4 Å². The van der Waals surface area contributed by atoms with Gasteiger partial charge in [-0.1, -0.05) is 13.8 Å². The van der Waals surface area contributed by atoms with Gasteiger partial charge in [0.1, 0.15) is 16.5 Å². The molecule has 0 bridgehead atoms. The van der Waals surface area contributed by atoms with Gasteiger partial charge in [-0.3, -0.25) is 0 Å². The summed E-state index contributed by atoms with van der Waals surface area (Å²) in [6.07, 6.45) is 0.439. The van der Waals surface area contributed by atoms with Crippen LogP contribution in [0.15, 0.2) is 21.5 Å². The van der Waals surface area contributed by atoms with Crippen LogP contribution in [0.25, 0.3) is 0 Å². The van der Waals surface area contributed by atoms with Crippen molar-refractivity contribution in [2.24, 2.45) is 11.7 Å². The number of halogens is 3. The van der Waals surface area contributed by atoms with Crippen molar-refractivity contribution in [3.05, 3.63) is 28.2 Å². The third-order valence-corrected chi connectivity index (χ3v) is 5.78. The largest absolute Gasteiger partial charge is 0.327 e. The molecule has 4 nitrogen and oxygen atoms in total. The fraction of sp³-hybridized carbons (Fsp3) is 0.538. The first kappa shape index (κ1) is 18.5. The van der Waals surface area contributed by atoms with Crippen molar-refractivity contribution < 1.29 is 17.2 Å². The van der Waals surface area contributed by atoms with Crippen LogP contribution in [0, 0.1) is 17.6 Å². The number of rotatable bonds is 6. The number of benzene rings is 1. The molecule has 120 valence electrons. The lowest BCUT2D eigenvalue weighted by Crippen LogP contribution is -2.35. The van der Waals surface area contributed by atoms with Crippen LogP contribution in [0.4, 0.5) is 8.78 Å². The maximum Gasteiger partial charge on any atom is 0.245 e. The van der Waals surface area contributed by atoms with Crippen molar-refractivity contribution in [2.45, 2.75) is 31.2 Å². The lowest BCUT2D eigenvalue weighted by atomic mass is 10.0. The smallest absolute Gasteiger partial charge is 0.245 e. The SMILES string of the molecule is CC(C)C(N)CCN(C)S(=O)(=O)c1cc(F)c(Br)cc1F. The fourth-order valence-electron chi connectivity index (χ4n) is 1.65. The van der Waals surface area contributed by atoms with E-state index >= 15 is 0 Å². The number of nitrogens with two attached hydrogens (primary N) is 1. The van der Waals surface area contributed by atoms with Gasteiger partial charge in [-0.05, 0) is 40.4 Å². The summed E-state index contributed by atoms with van der Waals surface area (Å²) in [6.45, 7) is 4.00. The molecule has 0 aliphatic heterocycles. The van der Waals surface area contributed by atoms with Gasteiger partial charge in [-0.25, -0.2) is 21.5 Å². The minimum Gasteiger partial charge on any atom is -0.327 e. The molecule has 1 rings (SSSR count). The Balaban J connectivity index is 2.98. The highest BCUT2D eigenvalue weighted by molar-refractivity contribution is 9.10. The van der Waals surface area contributed by atoms with Gasteiger partial charge in [0, 0.05) is 19.6 Å². The predicted octanol–water partition coefficient (Wildman–Crippen LogP) is 2.72. The van der Waals surface area contributed by atoms with Gasteiger partial charge in [0.15, 0.2) is 0 Å². The Kier molecular flexibility index (Phi) is 6.27. The molecule has 0 spiro atoms. The molecule has 0 aromatic heterocycles. The minimum absolute atomic E-state index is 0.122. The summed E-state index contributed by atoms with van der Waals surface area (Å²) in [7, 11) is -2.77. The molecule has 21 heavy (non-hydrogen) atoms. The van der Waals surface area contributed by atoms with Crippen LogP contribution >= 0.6 is 15.9 Å². The maximum absolute atomic E-state index is 13.8. The van der Waals surface area contributed by atoms with Gasteiger partial charge in [0.2, 0.25) is 10.0 Å². The Hall–Kier alpha value is -0.570. The van der Waals surface area contributed by atoms with Crippen LogP contribution in [-0.2, 0) is 10.0 Å². The van der Waals surface area contributed by atoms with Crippen LogP contribution in [0.1, 0.15) is 20.3 Å². The van der Waals surface area contributed by atoms with E-state index < -0.39 is 26.6 Å². The van der Waals surface area contributed by atoms with Crippen LogP contribution < -0.4 is 5.73 Å². The Bertz CT molecular complexity index is 608. The number of hydrogen-bond donors (Lipinski definition) is 1. The highest BCUT2D eigenvalue weighted by Gasteiger charge is 2.26. The molecule has 0 saturated heterocycles. The Labute approximate surface area is 132 Å². The van der Waals surface area contributed by atoms with Gasteiger partial charge in [-0.15, -0.1) is 0 Å². The summed E-state index contributed by atoms with van der Waals surface area (Å²) < 4.78 is 52.6. The lowest BCUT2D eigenvalue weighted by molar-refractivity contribution is 0.395. The van der Waals surface area contributed by atoms with Crippen molar-refractivity contribution in [2.75, 3.05) is 13.6 Å².